The van der Waals surface area contributed by atoms with Gasteiger partial charge >= 0.3 is 274 Å². The Bertz CT molecular complexity index is 376. The first-order valence-corrected chi connectivity index (χ1v) is 30.4. The largest absolute Gasteiger partial charge is 2.00 e. The molecule has 0 bridgehead atoms. The van der Waals surface area contributed by atoms with Gasteiger partial charge in [0.05, 0.1) is 0 Å². The van der Waals surface area contributed by atoms with Gasteiger partial charge in [-0.05, 0) is 0 Å². The van der Waals surface area contributed by atoms with Gasteiger partial charge in [0.1, 0.15) is 0 Å². The molecule has 120 valence electrons. The molecule has 0 atom stereocenters. The Labute approximate surface area is 290 Å². The summed E-state index contributed by atoms with van der Waals surface area (Å²) in [6.07, 6.45) is 15.6. The van der Waals surface area contributed by atoms with E-state index < -0.39 is 0 Å². The molecule has 0 heterocycles. The van der Waals surface area contributed by atoms with Gasteiger partial charge in [-0.3, -0.25) is 0 Å². The zero-order valence-corrected chi connectivity index (χ0v) is 39.1. The van der Waals surface area contributed by atoms with Crippen LogP contribution in [0.1, 0.15) is 12.8 Å². The van der Waals surface area contributed by atoms with Gasteiger partial charge in [0.15, 0.2) is 0 Å². The first-order chi connectivity index (χ1) is 9.86. The molecule has 12 heteroatoms. The maximum Gasteiger partial charge on any atom is 2.00 e. The van der Waals surface area contributed by atoms with E-state index in [2.05, 4.69) is 40.3 Å². The van der Waals surface area contributed by atoms with E-state index in [1.807, 2.05) is 0 Å². The standard InChI is InChI=1S/2C5H5.2C.2ClH.8Sb.2Zr/c2*1-2-4-5-3-1;;;;;;;;;;;;;;/h2*1-3H,4H2;;;2*1H;;;;;;;;;;/q;;2*-1;;;;;;;;;;;2*+2/p-2. The summed E-state index contributed by atoms with van der Waals surface area (Å²) < 4.78 is 9.89. The predicted octanol–water partition coefficient (Wildman–Crippen LogP) is -6.84. The summed E-state index contributed by atoms with van der Waals surface area (Å²) in [5, 5.41) is 0. The summed E-state index contributed by atoms with van der Waals surface area (Å²) in [5.74, 6) is 0. The molecule has 0 unspecified atom stereocenters. The maximum atomic E-state index is 3.30. The minimum Gasteiger partial charge on any atom is 2.00 e. The van der Waals surface area contributed by atoms with E-state index in [-0.39, 0.29) is 120 Å². The number of hydrogen-bond acceptors (Lipinski definition) is 0. The third-order valence-electron chi connectivity index (χ3n) is 1.89. The average Bonchev–Trinajstić information content (AvgIpc) is 3.19. The van der Waals surface area contributed by atoms with Crippen molar-refractivity contribution in [1.29, 1.82) is 0 Å². The van der Waals surface area contributed by atoms with Crippen LogP contribution in [0.4, 0.5) is 0 Å². The fraction of sp³-hybridized carbons (Fsp3) is 0.167. The van der Waals surface area contributed by atoms with Gasteiger partial charge in [0.2, 0.25) is 0 Å². The third-order valence-corrected chi connectivity index (χ3v) is 9.82. The fourth-order valence-corrected chi connectivity index (χ4v) is 8.86. The first kappa shape index (κ1) is 45.1. The monoisotopic (exact) mass is 1370 g/mol. The van der Waals surface area contributed by atoms with Crippen molar-refractivity contribution in [2.45, 2.75) is 12.8 Å². The molecule has 0 aromatic carbocycles. The van der Waals surface area contributed by atoms with Gasteiger partial charge in [-0.1, -0.05) is 0 Å². The number of halogens is 2. The first-order valence-electron chi connectivity index (χ1n) is 5.18. The number of rotatable bonds is 4. The molecule has 2 rings (SSSR count). The van der Waals surface area contributed by atoms with Crippen LogP contribution in [0.5, 0.6) is 0 Å². The van der Waals surface area contributed by atoms with E-state index in [1.165, 1.54) is 12.8 Å². The van der Waals surface area contributed by atoms with Crippen LogP contribution in [-0.4, -0.2) is 165 Å². The van der Waals surface area contributed by atoms with Gasteiger partial charge in [-0.15, -0.1) is 0 Å². The van der Waals surface area contributed by atoms with E-state index in [0.717, 1.165) is 0 Å². The van der Waals surface area contributed by atoms with E-state index in [9.17, 15) is 0 Å². The van der Waals surface area contributed by atoms with Crippen molar-refractivity contribution in [1.82, 2.24) is 0 Å². The smallest absolute Gasteiger partial charge is 2.00 e. The minimum absolute atomic E-state index is 0. The van der Waals surface area contributed by atoms with E-state index in [0.29, 0.717) is 0 Å². The molecule has 0 saturated heterocycles. The molecule has 0 saturated carbocycles. The molecule has 0 amide bonds. The van der Waals surface area contributed by atoms with Crippen molar-refractivity contribution in [2.75, 3.05) is 0 Å². The second-order valence-electron chi connectivity index (χ2n) is 3.00. The summed E-state index contributed by atoms with van der Waals surface area (Å²) >= 11 is 10.4. The molecule has 0 N–H and O–H groups in total. The van der Waals surface area contributed by atoms with Crippen LogP contribution in [0.15, 0.2) is 43.5 Å². The molecule has 0 fully saturated rings. The molecule has 0 aromatic rings. The maximum absolute atomic E-state index is 3.30. The van der Waals surface area contributed by atoms with Crippen molar-refractivity contribution in [3.8, 4) is 0 Å². The molecular formula is C12H10Cl2Sb8Zr2. The quantitative estimate of drug-likeness (QED) is 0.195. The average molecular weight is 1380 g/mol. The predicted molar refractivity (Wildman–Crippen MR) is 99.7 cm³/mol. The zero-order valence-electron chi connectivity index (χ0n) is 12.2. The van der Waals surface area contributed by atoms with Crippen LogP contribution < -0.4 is 24.8 Å². The van der Waals surface area contributed by atoms with Crippen LogP contribution in [0.3, 0.4) is 0 Å². The Balaban J connectivity index is -0.0000000491. The molecule has 24 heavy (non-hydrogen) atoms. The van der Waals surface area contributed by atoms with Crippen LogP contribution in [0.2, 0.25) is 0 Å². The van der Waals surface area contributed by atoms with Crippen LogP contribution in [-0.2, 0) is 52.4 Å². The summed E-state index contributed by atoms with van der Waals surface area (Å²) in [4.78, 5) is 0. The van der Waals surface area contributed by atoms with Gasteiger partial charge < -0.3 is 24.8 Å². The Morgan fingerprint density at radius 1 is 0.708 bits per heavy atom. The molecular weight excluding hydrogens is 1370 g/mol. The van der Waals surface area contributed by atoms with E-state index >= 15 is 0 Å². The van der Waals surface area contributed by atoms with Crippen molar-refractivity contribution >= 4 is 165 Å². The normalized spacial score (nSPS) is 11.2. The topological polar surface area (TPSA) is 0 Å². The Kier molecular flexibility index (Phi) is 76.9. The Hall–Kier alpha value is 7.59. The van der Waals surface area contributed by atoms with Gasteiger partial charge in [0, 0.05) is 0 Å². The minimum atomic E-state index is -0.118. The molecule has 0 nitrogen and oxygen atoms in total. The third kappa shape index (κ3) is 31.8. The molecule has 2 aliphatic carbocycles. The van der Waals surface area contributed by atoms with Gasteiger partial charge in [-0.25, -0.2) is 0 Å². The van der Waals surface area contributed by atoms with E-state index in [1.54, 1.807) is 125 Å². The SMILES string of the molecule is [Cl-].[Cl-].[Sb]=[C-][Sb][C]1=CC=CC1.[Sb]=[C-][Sb][C]1=CC=CC1.[Sb]=[Sb].[Sb]=[Sb].[Zr+2].[Zr+2]. The zero-order chi connectivity index (χ0) is 15.6. The molecule has 0 spiro atoms. The van der Waals surface area contributed by atoms with Crippen LogP contribution >= 0.6 is 0 Å². The van der Waals surface area contributed by atoms with Crippen molar-refractivity contribution in [3.05, 3.63) is 43.5 Å². The molecule has 2 aliphatic rings. The van der Waals surface area contributed by atoms with Gasteiger partial charge in [-0.2, -0.15) is 0 Å². The molecule has 0 aromatic heterocycles. The second kappa shape index (κ2) is 40.9. The van der Waals surface area contributed by atoms with Gasteiger partial charge in [0.25, 0.3) is 0 Å². The number of allylic oxidation sites excluding steroid dienone is 8. The Morgan fingerprint density at radius 2 is 1.00 bits per heavy atom. The summed E-state index contributed by atoms with van der Waals surface area (Å²) in [7, 11) is 0. The summed E-state index contributed by atoms with van der Waals surface area (Å²) in [5.41, 5.74) is 0. The number of hydrogen-bond donors (Lipinski definition) is 0. The van der Waals surface area contributed by atoms with Crippen LogP contribution in [0.25, 0.3) is 0 Å². The summed E-state index contributed by atoms with van der Waals surface area (Å²) in [6, 6.07) is 0. The van der Waals surface area contributed by atoms with Crippen molar-refractivity contribution in [2.24, 2.45) is 0 Å². The molecule has 8 radical (unpaired) electrons. The molecule has 0 aliphatic heterocycles. The second-order valence-corrected chi connectivity index (χ2v) is 16.4. The fourth-order valence-electron chi connectivity index (χ4n) is 1.17. The van der Waals surface area contributed by atoms with E-state index in [4.69, 9.17) is 0 Å². The van der Waals surface area contributed by atoms with Crippen molar-refractivity contribution < 1.29 is 77.2 Å². The van der Waals surface area contributed by atoms with Crippen molar-refractivity contribution in [3.63, 3.8) is 0 Å². The Morgan fingerprint density at radius 3 is 1.17 bits per heavy atom. The summed E-state index contributed by atoms with van der Waals surface area (Å²) in [6.45, 7) is 0. The van der Waals surface area contributed by atoms with Crippen LogP contribution in [0, 0.1) is 0 Å².